The molecule has 8 nitrogen and oxygen atoms in total. The largest absolute Gasteiger partial charge is 0.370 e. The summed E-state index contributed by atoms with van der Waals surface area (Å²) >= 11 is 3.35. The van der Waals surface area contributed by atoms with Crippen molar-refractivity contribution in [2.45, 2.75) is 58.4 Å². The molecule has 1 aliphatic rings. The number of alkyl halides is 1. The number of nitrogens with two attached hydrogens (primary N) is 2. The van der Waals surface area contributed by atoms with Crippen molar-refractivity contribution < 1.29 is 23.6 Å². The number of carbonyl (C=O) groups is 4. The number of guanidine groups is 1. The van der Waals surface area contributed by atoms with Gasteiger partial charge in [0.15, 0.2) is 23.3 Å². The van der Waals surface area contributed by atoms with Crippen molar-refractivity contribution in [1.29, 1.82) is 0 Å². The van der Waals surface area contributed by atoms with Gasteiger partial charge in [-0.05, 0) is 43.7 Å². The molecule has 10 heteroatoms. The Morgan fingerprint density at radius 1 is 1.14 bits per heavy atom. The number of hydrogen-bond donors (Lipinski definition) is 2. The third-order valence-electron chi connectivity index (χ3n) is 6.64. The van der Waals surface area contributed by atoms with Crippen molar-refractivity contribution >= 4 is 45.1 Å². The van der Waals surface area contributed by atoms with Crippen LogP contribution in [0.1, 0.15) is 62.7 Å². The van der Waals surface area contributed by atoms with E-state index in [0.717, 1.165) is 4.47 Å². The van der Waals surface area contributed by atoms with E-state index in [-0.39, 0.29) is 55.2 Å². The van der Waals surface area contributed by atoms with Crippen LogP contribution in [0.2, 0.25) is 0 Å². The van der Waals surface area contributed by atoms with Crippen molar-refractivity contribution in [3.8, 4) is 0 Å². The van der Waals surface area contributed by atoms with Crippen molar-refractivity contribution in [3.63, 3.8) is 0 Å². The number of amides is 1. The molecule has 0 saturated carbocycles. The predicted molar refractivity (Wildman–Crippen MR) is 140 cm³/mol. The highest BCUT2D eigenvalue weighted by atomic mass is 79.9. The van der Waals surface area contributed by atoms with Gasteiger partial charge in [0.1, 0.15) is 6.67 Å². The van der Waals surface area contributed by atoms with Crippen LogP contribution in [0.5, 0.6) is 0 Å². The number of Topliss-reactive ketones (excluding diaryl/α,β-unsaturated/α-hetero) is 3. The molecule has 1 aliphatic heterocycles. The molecular weight excluding hydrogens is 531 g/mol. The quantitative estimate of drug-likeness (QED) is 0.153. The van der Waals surface area contributed by atoms with E-state index >= 15 is 0 Å². The summed E-state index contributed by atoms with van der Waals surface area (Å²) in [5.74, 6) is -2.78. The van der Waals surface area contributed by atoms with Crippen LogP contribution in [0.4, 0.5) is 4.39 Å². The maximum Gasteiger partial charge on any atom is 0.227 e. The fourth-order valence-electron chi connectivity index (χ4n) is 4.55. The number of benzene rings is 1. The van der Waals surface area contributed by atoms with Crippen LogP contribution in [-0.2, 0) is 14.4 Å². The third kappa shape index (κ3) is 8.50. The molecule has 0 aromatic heterocycles. The minimum absolute atomic E-state index is 0.0449. The van der Waals surface area contributed by atoms with E-state index in [4.69, 9.17) is 11.5 Å². The van der Waals surface area contributed by atoms with Gasteiger partial charge >= 0.3 is 0 Å². The topological polar surface area (TPSA) is 136 Å². The van der Waals surface area contributed by atoms with Gasteiger partial charge in [0.05, 0.1) is 6.04 Å². The first-order chi connectivity index (χ1) is 17.0. The summed E-state index contributed by atoms with van der Waals surface area (Å²) in [6.07, 6.45) is 1.76. The molecule has 0 radical (unpaired) electrons. The van der Waals surface area contributed by atoms with E-state index in [1.807, 2.05) is 13.8 Å². The zero-order chi connectivity index (χ0) is 26.8. The molecule has 1 aromatic rings. The lowest BCUT2D eigenvalue weighted by atomic mass is 9.86. The van der Waals surface area contributed by atoms with Gasteiger partial charge in [0.2, 0.25) is 5.91 Å². The van der Waals surface area contributed by atoms with Crippen molar-refractivity contribution in [1.82, 2.24) is 4.90 Å². The number of rotatable bonds is 14. The molecule has 1 saturated heterocycles. The highest BCUT2D eigenvalue weighted by Gasteiger charge is 2.39. The molecule has 4 N–H and O–H groups in total. The van der Waals surface area contributed by atoms with Crippen LogP contribution in [-0.4, -0.2) is 59.9 Å². The lowest BCUT2D eigenvalue weighted by Crippen LogP contribution is -2.45. The van der Waals surface area contributed by atoms with Crippen molar-refractivity contribution in [2.75, 3.05) is 19.8 Å². The fraction of sp³-hybridized carbons (Fsp3) is 0.577. The normalized spacial score (nSPS) is 17.0. The molecule has 198 valence electrons. The zero-order valence-electron chi connectivity index (χ0n) is 20.9. The van der Waals surface area contributed by atoms with Crippen LogP contribution in [0.25, 0.3) is 0 Å². The fourth-order valence-corrected chi connectivity index (χ4v) is 4.81. The van der Waals surface area contributed by atoms with Crippen molar-refractivity contribution in [2.24, 2.45) is 34.2 Å². The first-order valence-corrected chi connectivity index (χ1v) is 13.1. The summed E-state index contributed by atoms with van der Waals surface area (Å²) < 4.78 is 14.0. The molecule has 1 aromatic carbocycles. The van der Waals surface area contributed by atoms with Crippen LogP contribution in [0.3, 0.4) is 0 Å². The van der Waals surface area contributed by atoms with E-state index < -0.39 is 30.3 Å². The summed E-state index contributed by atoms with van der Waals surface area (Å²) in [4.78, 5) is 57.1. The second-order valence-corrected chi connectivity index (χ2v) is 10.5. The van der Waals surface area contributed by atoms with Gasteiger partial charge in [0.25, 0.3) is 0 Å². The number of nitrogens with zero attached hydrogens (tertiary/aromatic N) is 2. The molecule has 0 spiro atoms. The Balaban J connectivity index is 2.09. The summed E-state index contributed by atoms with van der Waals surface area (Å²) in [6, 6.07) is 6.31. The van der Waals surface area contributed by atoms with Gasteiger partial charge in [-0.15, -0.1) is 0 Å². The molecule has 3 atom stereocenters. The minimum Gasteiger partial charge on any atom is -0.370 e. The zero-order valence-corrected chi connectivity index (χ0v) is 22.5. The van der Waals surface area contributed by atoms with Gasteiger partial charge in [-0.2, -0.15) is 0 Å². The maximum atomic E-state index is 13.5. The smallest absolute Gasteiger partial charge is 0.227 e. The maximum absolute atomic E-state index is 13.5. The van der Waals surface area contributed by atoms with Gasteiger partial charge in [-0.25, -0.2) is 4.39 Å². The minimum atomic E-state index is -1.15. The highest BCUT2D eigenvalue weighted by Crippen LogP contribution is 2.29. The first-order valence-electron chi connectivity index (χ1n) is 12.3. The van der Waals surface area contributed by atoms with Gasteiger partial charge in [-0.3, -0.25) is 24.2 Å². The van der Waals surface area contributed by atoms with E-state index in [2.05, 4.69) is 20.9 Å². The Morgan fingerprint density at radius 2 is 1.81 bits per heavy atom. The average molecular weight is 568 g/mol. The lowest BCUT2D eigenvalue weighted by molar-refractivity contribution is -0.142. The summed E-state index contributed by atoms with van der Waals surface area (Å²) in [7, 11) is 0. The molecule has 0 aliphatic carbocycles. The molecule has 1 heterocycles. The third-order valence-corrected chi connectivity index (χ3v) is 7.17. The second-order valence-electron chi connectivity index (χ2n) is 9.59. The molecule has 1 amide bonds. The Labute approximate surface area is 220 Å². The van der Waals surface area contributed by atoms with E-state index in [1.165, 1.54) is 0 Å². The number of carbonyl (C=O) groups excluding carboxylic acids is 4. The molecule has 1 fully saturated rings. The average Bonchev–Trinajstić information content (AvgIpc) is 3.33. The summed E-state index contributed by atoms with van der Waals surface area (Å²) in [5, 5.41) is 0. The first kappa shape index (κ1) is 29.6. The summed E-state index contributed by atoms with van der Waals surface area (Å²) in [5.41, 5.74) is 11.1. The standard InChI is InChI=1S/C26H36BrFN4O4/c1-16(2)20(14-22(33)17-7-9-19(27)10-8-17)25(36)32-12-4-6-21(32)23(34)13-18(24(35)15-28)5-3-11-31-26(29)30/h7-10,16,18,20-21H,3-6,11-15H2,1-2H3,(H4,29,30,31)/t18-,20-,21-/m0/s1. The molecule has 0 unspecified atom stereocenters. The number of hydrogen-bond acceptors (Lipinski definition) is 5. The van der Waals surface area contributed by atoms with Gasteiger partial charge in [-0.1, -0.05) is 41.9 Å². The van der Waals surface area contributed by atoms with E-state index in [9.17, 15) is 23.6 Å². The monoisotopic (exact) mass is 566 g/mol. The number of aliphatic imine (C=N–C) groups is 1. The number of ketones is 3. The van der Waals surface area contributed by atoms with Crippen LogP contribution < -0.4 is 11.5 Å². The van der Waals surface area contributed by atoms with Crippen LogP contribution in [0, 0.1) is 17.8 Å². The van der Waals surface area contributed by atoms with Crippen molar-refractivity contribution in [3.05, 3.63) is 34.3 Å². The van der Waals surface area contributed by atoms with E-state index in [1.54, 1.807) is 29.2 Å². The Kier molecular flexibility index (Phi) is 11.7. The SMILES string of the molecule is CC(C)[C@H](CC(=O)c1ccc(Br)cc1)C(=O)N1CCC[C@H]1C(=O)C[C@H](CCCN=C(N)N)C(=O)CF. The molecule has 2 rings (SSSR count). The molecule has 0 bridgehead atoms. The van der Waals surface area contributed by atoms with E-state index in [0.29, 0.717) is 31.4 Å². The highest BCUT2D eigenvalue weighted by molar-refractivity contribution is 9.10. The Bertz CT molecular complexity index is 963. The molecule has 36 heavy (non-hydrogen) atoms. The number of halogens is 2. The van der Waals surface area contributed by atoms with Gasteiger partial charge in [0, 0.05) is 47.8 Å². The number of likely N-dealkylation sites (tertiary alicyclic amines) is 1. The second kappa shape index (κ2) is 14.2. The van der Waals surface area contributed by atoms with Crippen LogP contribution in [0.15, 0.2) is 33.7 Å². The predicted octanol–water partition coefficient (Wildman–Crippen LogP) is 3.45. The molecular formula is C26H36BrFN4O4. The Hall–Kier alpha value is -2.62. The van der Waals surface area contributed by atoms with Gasteiger partial charge < -0.3 is 16.4 Å². The lowest BCUT2D eigenvalue weighted by Gasteiger charge is -2.30. The summed E-state index contributed by atoms with van der Waals surface area (Å²) in [6.45, 7) is 3.31. The Morgan fingerprint density at radius 3 is 2.39 bits per heavy atom. The van der Waals surface area contributed by atoms with Crippen LogP contribution >= 0.6 is 15.9 Å².